The van der Waals surface area contributed by atoms with Gasteiger partial charge in [0.15, 0.2) is 5.96 Å². The summed E-state index contributed by atoms with van der Waals surface area (Å²) in [5.74, 6) is 0.945. The van der Waals surface area contributed by atoms with Crippen molar-refractivity contribution >= 4 is 5.96 Å². The van der Waals surface area contributed by atoms with Crippen LogP contribution in [0.1, 0.15) is 45.1 Å². The molecular formula is C16H29N5. The van der Waals surface area contributed by atoms with Gasteiger partial charge in [-0.05, 0) is 43.6 Å². The number of hydrogen-bond acceptors (Lipinski definition) is 2. The third-order valence-corrected chi connectivity index (χ3v) is 4.55. The Bertz CT molecular complexity index is 453. The molecule has 1 fully saturated rings. The maximum atomic E-state index is 4.79. The van der Waals surface area contributed by atoms with Crippen molar-refractivity contribution in [1.82, 2.24) is 20.4 Å². The van der Waals surface area contributed by atoms with Gasteiger partial charge >= 0.3 is 0 Å². The Morgan fingerprint density at radius 2 is 2.19 bits per heavy atom. The summed E-state index contributed by atoms with van der Waals surface area (Å²) in [7, 11) is 1.95. The van der Waals surface area contributed by atoms with E-state index in [0.717, 1.165) is 32.0 Å². The lowest BCUT2D eigenvalue weighted by molar-refractivity contribution is 0.139. The number of guanidine groups is 1. The molecule has 1 aliphatic rings. The molecule has 0 unspecified atom stereocenters. The van der Waals surface area contributed by atoms with Crippen molar-refractivity contribution in [3.63, 3.8) is 0 Å². The zero-order chi connectivity index (χ0) is 15.1. The van der Waals surface area contributed by atoms with Gasteiger partial charge in [-0.15, -0.1) is 0 Å². The van der Waals surface area contributed by atoms with E-state index in [2.05, 4.69) is 35.8 Å². The van der Waals surface area contributed by atoms with E-state index in [1.165, 1.54) is 31.2 Å². The van der Waals surface area contributed by atoms with Gasteiger partial charge in [-0.25, -0.2) is 0 Å². The fraction of sp³-hybridized carbons (Fsp3) is 0.750. The van der Waals surface area contributed by atoms with Crippen LogP contribution >= 0.6 is 0 Å². The summed E-state index contributed by atoms with van der Waals surface area (Å²) in [6.45, 7) is 7.13. The van der Waals surface area contributed by atoms with E-state index in [0.29, 0.717) is 5.41 Å². The molecule has 1 saturated carbocycles. The summed E-state index contributed by atoms with van der Waals surface area (Å²) < 4.78 is 1.84. The lowest BCUT2D eigenvalue weighted by Crippen LogP contribution is -2.40. The molecule has 2 N–H and O–H groups in total. The third-order valence-electron chi connectivity index (χ3n) is 4.55. The minimum atomic E-state index is 0.478. The first-order valence-electron chi connectivity index (χ1n) is 8.17. The van der Waals surface area contributed by atoms with Gasteiger partial charge in [0, 0.05) is 32.9 Å². The van der Waals surface area contributed by atoms with Gasteiger partial charge < -0.3 is 10.6 Å². The molecule has 0 aromatic carbocycles. The Morgan fingerprint density at radius 3 is 2.71 bits per heavy atom. The largest absolute Gasteiger partial charge is 0.357 e. The zero-order valence-electron chi connectivity index (χ0n) is 13.7. The van der Waals surface area contributed by atoms with Gasteiger partial charge in [0.1, 0.15) is 0 Å². The topological polar surface area (TPSA) is 54.2 Å². The molecule has 21 heavy (non-hydrogen) atoms. The first-order valence-corrected chi connectivity index (χ1v) is 8.17. The van der Waals surface area contributed by atoms with Gasteiger partial charge in [-0.1, -0.05) is 13.3 Å². The molecule has 0 spiro atoms. The molecule has 5 nitrogen and oxygen atoms in total. The lowest BCUT2D eigenvalue weighted by atomic mass is 9.67. The molecule has 1 heterocycles. The Kier molecular flexibility index (Phi) is 5.65. The van der Waals surface area contributed by atoms with Crippen LogP contribution in [-0.2, 0) is 13.5 Å². The van der Waals surface area contributed by atoms with E-state index in [4.69, 9.17) is 4.99 Å². The minimum Gasteiger partial charge on any atom is -0.357 e. The van der Waals surface area contributed by atoms with Crippen molar-refractivity contribution in [3.8, 4) is 0 Å². The normalized spacial score (nSPS) is 17.4. The highest BCUT2D eigenvalue weighted by atomic mass is 15.2. The maximum absolute atomic E-state index is 4.79. The summed E-state index contributed by atoms with van der Waals surface area (Å²) >= 11 is 0. The molecule has 0 bridgehead atoms. The van der Waals surface area contributed by atoms with Crippen molar-refractivity contribution in [3.05, 3.63) is 18.0 Å². The predicted octanol–water partition coefficient (Wildman–Crippen LogP) is 2.10. The number of aliphatic imine (C=N–C) groups is 1. The average Bonchev–Trinajstić information content (AvgIpc) is 2.83. The number of nitrogens with one attached hydrogen (secondary N) is 2. The van der Waals surface area contributed by atoms with E-state index in [-0.39, 0.29) is 0 Å². The zero-order valence-corrected chi connectivity index (χ0v) is 13.7. The van der Waals surface area contributed by atoms with Crippen LogP contribution in [0.5, 0.6) is 0 Å². The smallest absolute Gasteiger partial charge is 0.191 e. The second kappa shape index (κ2) is 7.48. The predicted molar refractivity (Wildman–Crippen MR) is 87.5 cm³/mol. The van der Waals surface area contributed by atoms with Gasteiger partial charge in [0.2, 0.25) is 0 Å². The van der Waals surface area contributed by atoms with Crippen molar-refractivity contribution < 1.29 is 0 Å². The van der Waals surface area contributed by atoms with Crippen molar-refractivity contribution in [2.75, 3.05) is 19.6 Å². The molecule has 0 saturated heterocycles. The molecule has 1 aromatic rings. The van der Waals surface area contributed by atoms with Crippen LogP contribution < -0.4 is 10.6 Å². The third kappa shape index (κ3) is 4.48. The number of hydrogen-bond donors (Lipinski definition) is 2. The lowest BCUT2D eigenvalue weighted by Gasteiger charge is -2.40. The van der Waals surface area contributed by atoms with Crippen molar-refractivity contribution in [2.24, 2.45) is 17.5 Å². The molecule has 0 radical (unpaired) electrons. The molecule has 0 aliphatic heterocycles. The summed E-state index contributed by atoms with van der Waals surface area (Å²) in [5.41, 5.74) is 1.73. The molecule has 118 valence electrons. The number of aryl methyl sites for hydroxylation is 1. The first kappa shape index (κ1) is 15.9. The summed E-state index contributed by atoms with van der Waals surface area (Å²) in [6, 6.07) is 0. The van der Waals surface area contributed by atoms with E-state index < -0.39 is 0 Å². The molecule has 1 aromatic heterocycles. The van der Waals surface area contributed by atoms with E-state index in [1.54, 1.807) is 0 Å². The van der Waals surface area contributed by atoms with Crippen LogP contribution in [0.4, 0.5) is 0 Å². The number of rotatable bonds is 7. The first-order chi connectivity index (χ1) is 10.2. The van der Waals surface area contributed by atoms with Crippen molar-refractivity contribution in [1.29, 1.82) is 0 Å². The molecule has 2 rings (SSSR count). The molecular weight excluding hydrogens is 262 g/mol. The van der Waals surface area contributed by atoms with Gasteiger partial charge in [0.05, 0.1) is 6.20 Å². The fourth-order valence-electron chi connectivity index (χ4n) is 2.81. The second-order valence-corrected chi connectivity index (χ2v) is 6.10. The van der Waals surface area contributed by atoms with Crippen LogP contribution in [0.2, 0.25) is 0 Å². The summed E-state index contributed by atoms with van der Waals surface area (Å²) in [5, 5.41) is 11.0. The van der Waals surface area contributed by atoms with Crippen molar-refractivity contribution in [2.45, 2.75) is 46.0 Å². The standard InChI is InChI=1S/C16H29N5/c1-4-16(8-6-9-16)13-19-15(17-5-2)18-10-7-14-11-20-21(3)12-14/h11-12H,4-10,13H2,1-3H3,(H2,17,18,19). The highest BCUT2D eigenvalue weighted by Crippen LogP contribution is 2.43. The molecule has 0 amide bonds. The van der Waals surface area contributed by atoms with E-state index >= 15 is 0 Å². The quantitative estimate of drug-likeness (QED) is 0.597. The number of nitrogens with zero attached hydrogens (tertiary/aromatic N) is 3. The minimum absolute atomic E-state index is 0.478. The average molecular weight is 291 g/mol. The van der Waals surface area contributed by atoms with Crippen LogP contribution in [0, 0.1) is 5.41 Å². The molecule has 0 atom stereocenters. The van der Waals surface area contributed by atoms with Crippen LogP contribution in [-0.4, -0.2) is 35.4 Å². The number of aromatic nitrogens is 2. The molecule has 5 heteroatoms. The van der Waals surface area contributed by atoms with Crippen LogP contribution in [0.15, 0.2) is 17.4 Å². The van der Waals surface area contributed by atoms with Gasteiger partial charge in [-0.2, -0.15) is 5.10 Å². The van der Waals surface area contributed by atoms with Gasteiger partial charge in [-0.3, -0.25) is 9.67 Å². The SMILES string of the molecule is CCNC(=NCC1(CC)CCC1)NCCc1cnn(C)c1. The highest BCUT2D eigenvalue weighted by Gasteiger charge is 2.34. The van der Waals surface area contributed by atoms with Crippen LogP contribution in [0.3, 0.4) is 0 Å². The monoisotopic (exact) mass is 291 g/mol. The fourth-order valence-corrected chi connectivity index (χ4v) is 2.81. The van der Waals surface area contributed by atoms with E-state index in [9.17, 15) is 0 Å². The Morgan fingerprint density at radius 1 is 1.38 bits per heavy atom. The summed E-state index contributed by atoms with van der Waals surface area (Å²) in [4.78, 5) is 4.79. The van der Waals surface area contributed by atoms with Crippen LogP contribution in [0.25, 0.3) is 0 Å². The Labute approximate surface area is 128 Å². The highest BCUT2D eigenvalue weighted by molar-refractivity contribution is 5.79. The Hall–Kier alpha value is -1.52. The maximum Gasteiger partial charge on any atom is 0.191 e. The van der Waals surface area contributed by atoms with Gasteiger partial charge in [0.25, 0.3) is 0 Å². The second-order valence-electron chi connectivity index (χ2n) is 6.10. The molecule has 1 aliphatic carbocycles. The van der Waals surface area contributed by atoms with E-state index in [1.807, 2.05) is 17.9 Å². The Balaban J connectivity index is 1.80. The summed E-state index contributed by atoms with van der Waals surface area (Å²) in [6.07, 6.45) is 10.2.